The molecule has 0 radical (unpaired) electrons. The maximum Gasteiger partial charge on any atom is 0.152 e. The van der Waals surface area contributed by atoms with Gasteiger partial charge in [0.15, 0.2) is 5.82 Å². The lowest BCUT2D eigenvalue weighted by Crippen LogP contribution is -2.58. The molecule has 108 valence electrons. The van der Waals surface area contributed by atoms with Crippen molar-refractivity contribution in [2.24, 2.45) is 5.41 Å². The Morgan fingerprint density at radius 2 is 2.30 bits per heavy atom. The predicted octanol–water partition coefficient (Wildman–Crippen LogP) is 2.65. The highest BCUT2D eigenvalue weighted by molar-refractivity contribution is 5.68. The van der Waals surface area contributed by atoms with Gasteiger partial charge in [-0.15, -0.1) is 0 Å². The Balaban J connectivity index is 1.81. The van der Waals surface area contributed by atoms with E-state index < -0.39 is 0 Å². The van der Waals surface area contributed by atoms with E-state index in [1.807, 2.05) is 24.6 Å². The predicted molar refractivity (Wildman–Crippen MR) is 78.9 cm³/mol. The fourth-order valence-corrected chi connectivity index (χ4v) is 2.93. The summed E-state index contributed by atoms with van der Waals surface area (Å²) in [4.78, 5) is 4.47. The Morgan fingerprint density at radius 1 is 1.50 bits per heavy atom. The van der Waals surface area contributed by atoms with Crippen LogP contribution in [0, 0.1) is 12.3 Å². The van der Waals surface area contributed by atoms with E-state index in [1.165, 1.54) is 0 Å². The zero-order valence-corrected chi connectivity index (χ0v) is 12.6. The minimum absolute atomic E-state index is 0.125. The zero-order valence-electron chi connectivity index (χ0n) is 12.6. The Hall–Kier alpha value is -1.62. The highest BCUT2D eigenvalue weighted by Crippen LogP contribution is 2.44. The Morgan fingerprint density at radius 3 is 3.00 bits per heavy atom. The van der Waals surface area contributed by atoms with Crippen LogP contribution in [0.3, 0.4) is 0 Å². The van der Waals surface area contributed by atoms with E-state index in [0.29, 0.717) is 12.1 Å². The van der Waals surface area contributed by atoms with Crippen molar-refractivity contribution in [3.63, 3.8) is 0 Å². The molecule has 0 amide bonds. The van der Waals surface area contributed by atoms with Crippen LogP contribution in [0.2, 0.25) is 0 Å². The molecule has 1 fully saturated rings. The third-order valence-electron chi connectivity index (χ3n) is 4.37. The second-order valence-corrected chi connectivity index (χ2v) is 6.09. The van der Waals surface area contributed by atoms with Gasteiger partial charge in [-0.2, -0.15) is 5.10 Å². The van der Waals surface area contributed by atoms with Crippen LogP contribution in [-0.2, 0) is 4.74 Å². The molecule has 20 heavy (non-hydrogen) atoms. The Kier molecular flexibility index (Phi) is 3.17. The van der Waals surface area contributed by atoms with Gasteiger partial charge < -0.3 is 10.1 Å². The molecule has 5 nitrogen and oxygen atoms in total. The topological polar surface area (TPSA) is 51.5 Å². The molecule has 5 heteroatoms. The summed E-state index contributed by atoms with van der Waals surface area (Å²) >= 11 is 0. The monoisotopic (exact) mass is 274 g/mol. The number of nitrogens with one attached hydrogen (secondary N) is 1. The molecule has 0 spiro atoms. The van der Waals surface area contributed by atoms with Crippen LogP contribution in [0.4, 0.5) is 5.82 Å². The number of hydrogen-bond acceptors (Lipinski definition) is 4. The molecule has 1 N–H and O–H groups in total. The number of aryl methyl sites for hydroxylation is 1. The van der Waals surface area contributed by atoms with Gasteiger partial charge in [0, 0.05) is 30.5 Å². The van der Waals surface area contributed by atoms with Gasteiger partial charge >= 0.3 is 0 Å². The van der Waals surface area contributed by atoms with Crippen LogP contribution in [-0.4, -0.2) is 33.4 Å². The second-order valence-electron chi connectivity index (χ2n) is 6.09. The van der Waals surface area contributed by atoms with Gasteiger partial charge in [0.1, 0.15) is 5.52 Å². The molecule has 1 aliphatic carbocycles. The summed E-state index contributed by atoms with van der Waals surface area (Å²) in [6.45, 7) is 9.31. The maximum absolute atomic E-state index is 5.77. The van der Waals surface area contributed by atoms with Crippen molar-refractivity contribution in [1.29, 1.82) is 0 Å². The molecule has 0 bridgehead atoms. The molecule has 0 saturated heterocycles. The van der Waals surface area contributed by atoms with Crippen molar-refractivity contribution in [3.05, 3.63) is 24.2 Å². The number of hydrogen-bond donors (Lipinski definition) is 1. The van der Waals surface area contributed by atoms with E-state index in [4.69, 9.17) is 4.74 Å². The van der Waals surface area contributed by atoms with Gasteiger partial charge in [-0.3, -0.25) is 0 Å². The quantitative estimate of drug-likeness (QED) is 0.931. The number of ether oxygens (including phenoxy) is 1. The average Bonchev–Trinajstić information content (AvgIpc) is 2.78. The third kappa shape index (κ3) is 2.06. The molecule has 2 atom stereocenters. The standard InChI is InChI=1S/C15H22N4O/c1-5-20-13-9-12(15(13,3)4)17-14-11-8-10(2)18-19(11)7-6-16-14/h6-8,12-13H,5,9H2,1-4H3,(H,16,17). The van der Waals surface area contributed by atoms with E-state index >= 15 is 0 Å². The van der Waals surface area contributed by atoms with Gasteiger partial charge in [-0.05, 0) is 26.3 Å². The molecule has 1 saturated carbocycles. The van der Waals surface area contributed by atoms with Crippen molar-refractivity contribution in [2.45, 2.75) is 46.3 Å². The fourth-order valence-electron chi connectivity index (χ4n) is 2.93. The van der Waals surface area contributed by atoms with Crippen LogP contribution in [0.25, 0.3) is 5.52 Å². The summed E-state index contributed by atoms with van der Waals surface area (Å²) in [6, 6.07) is 2.44. The molecule has 0 aromatic carbocycles. The Bertz CT molecular complexity index is 619. The van der Waals surface area contributed by atoms with E-state index in [-0.39, 0.29) is 5.41 Å². The normalized spacial score (nSPS) is 24.6. The lowest BCUT2D eigenvalue weighted by Gasteiger charge is -2.51. The largest absolute Gasteiger partial charge is 0.378 e. The van der Waals surface area contributed by atoms with E-state index in [2.05, 4.69) is 35.3 Å². The molecule has 3 rings (SSSR count). The van der Waals surface area contributed by atoms with Gasteiger partial charge in [-0.1, -0.05) is 13.8 Å². The van der Waals surface area contributed by atoms with Crippen molar-refractivity contribution in [3.8, 4) is 0 Å². The number of nitrogens with zero attached hydrogens (tertiary/aromatic N) is 3. The first-order valence-electron chi connectivity index (χ1n) is 7.21. The van der Waals surface area contributed by atoms with E-state index in [0.717, 1.165) is 30.1 Å². The van der Waals surface area contributed by atoms with Gasteiger partial charge in [0.05, 0.1) is 11.8 Å². The summed E-state index contributed by atoms with van der Waals surface area (Å²) in [7, 11) is 0. The number of fused-ring (bicyclic) bond motifs is 1. The summed E-state index contributed by atoms with van der Waals surface area (Å²) in [6.07, 6.45) is 5.02. The van der Waals surface area contributed by atoms with Gasteiger partial charge in [0.25, 0.3) is 0 Å². The van der Waals surface area contributed by atoms with Crippen molar-refractivity contribution < 1.29 is 4.74 Å². The minimum Gasteiger partial charge on any atom is -0.378 e. The highest BCUT2D eigenvalue weighted by Gasteiger charge is 2.49. The van der Waals surface area contributed by atoms with Crippen molar-refractivity contribution in [2.75, 3.05) is 11.9 Å². The van der Waals surface area contributed by atoms with Gasteiger partial charge in [-0.25, -0.2) is 9.50 Å². The molecule has 2 aromatic rings. The molecule has 2 heterocycles. The number of anilines is 1. The summed E-state index contributed by atoms with van der Waals surface area (Å²) < 4.78 is 7.65. The van der Waals surface area contributed by atoms with Crippen LogP contribution in [0.1, 0.15) is 32.9 Å². The Labute approximate surface area is 119 Å². The van der Waals surface area contributed by atoms with Crippen molar-refractivity contribution in [1.82, 2.24) is 14.6 Å². The third-order valence-corrected chi connectivity index (χ3v) is 4.37. The first-order valence-corrected chi connectivity index (χ1v) is 7.21. The van der Waals surface area contributed by atoms with E-state index in [9.17, 15) is 0 Å². The van der Waals surface area contributed by atoms with Crippen LogP contribution in [0.15, 0.2) is 18.5 Å². The molecular weight excluding hydrogens is 252 g/mol. The summed E-state index contributed by atoms with van der Waals surface area (Å²) in [5.41, 5.74) is 2.15. The van der Waals surface area contributed by atoms with E-state index in [1.54, 1.807) is 6.20 Å². The zero-order chi connectivity index (χ0) is 14.3. The molecule has 1 aliphatic rings. The first kappa shape index (κ1) is 13.4. The SMILES string of the molecule is CCOC1CC(Nc2nccn3nc(C)cc23)C1(C)C. The van der Waals surface area contributed by atoms with Crippen LogP contribution >= 0.6 is 0 Å². The average molecular weight is 274 g/mol. The molecule has 2 unspecified atom stereocenters. The summed E-state index contributed by atoms with van der Waals surface area (Å²) in [5.74, 6) is 0.904. The fraction of sp³-hybridized carbons (Fsp3) is 0.600. The summed E-state index contributed by atoms with van der Waals surface area (Å²) in [5, 5.41) is 7.98. The molecule has 0 aliphatic heterocycles. The maximum atomic E-state index is 5.77. The lowest BCUT2D eigenvalue weighted by molar-refractivity contribution is -0.0976. The number of rotatable bonds is 4. The van der Waals surface area contributed by atoms with Crippen LogP contribution < -0.4 is 5.32 Å². The molecule has 2 aromatic heterocycles. The number of aromatic nitrogens is 3. The highest BCUT2D eigenvalue weighted by atomic mass is 16.5. The first-order chi connectivity index (χ1) is 9.52. The lowest BCUT2D eigenvalue weighted by atomic mass is 9.64. The van der Waals surface area contributed by atoms with Crippen molar-refractivity contribution >= 4 is 11.3 Å². The second kappa shape index (κ2) is 4.74. The van der Waals surface area contributed by atoms with Crippen LogP contribution in [0.5, 0.6) is 0 Å². The molecular formula is C15H22N4O. The van der Waals surface area contributed by atoms with Gasteiger partial charge in [0.2, 0.25) is 0 Å². The smallest absolute Gasteiger partial charge is 0.152 e. The minimum atomic E-state index is 0.125.